The monoisotopic (exact) mass is 934 g/mol. The highest BCUT2D eigenvalue weighted by Crippen LogP contribution is 2.47. The van der Waals surface area contributed by atoms with E-state index in [4.69, 9.17) is 9.47 Å². The first-order chi connectivity index (χ1) is 34.9. The molecule has 2 heterocycles. The number of aromatic nitrogens is 2. The minimum atomic E-state index is -0.117. The molecule has 2 N–H and O–H groups in total. The quantitative estimate of drug-likeness (QED) is 0.128. The van der Waals surface area contributed by atoms with Gasteiger partial charge in [-0.15, -0.1) is 0 Å². The number of nitrogens with zero attached hydrogens (tertiary/aromatic N) is 2. The summed E-state index contributed by atoms with van der Waals surface area (Å²) in [4.78, 5) is 0. The van der Waals surface area contributed by atoms with Crippen molar-refractivity contribution in [2.75, 3.05) is 0 Å². The summed E-state index contributed by atoms with van der Waals surface area (Å²) in [5, 5.41) is 29.7. The Labute approximate surface area is 416 Å². The fourth-order valence-corrected chi connectivity index (χ4v) is 12.5. The van der Waals surface area contributed by atoms with E-state index in [1.807, 2.05) is 0 Å². The Morgan fingerprint density at radius 1 is 0.408 bits per heavy atom. The number of hydrogen-bond donors (Lipinski definition) is 2. The van der Waals surface area contributed by atoms with Crippen LogP contribution in [-0.4, -0.2) is 31.6 Å². The van der Waals surface area contributed by atoms with E-state index < -0.39 is 0 Å². The largest absolute Gasteiger partial charge is 0.505 e. The summed E-state index contributed by atoms with van der Waals surface area (Å²) in [5.41, 5.74) is 11.1. The van der Waals surface area contributed by atoms with Gasteiger partial charge < -0.3 is 28.8 Å². The number of ether oxygens (including phenoxy) is 2. The van der Waals surface area contributed by atoms with Crippen molar-refractivity contribution < 1.29 is 19.7 Å². The van der Waals surface area contributed by atoms with Crippen LogP contribution in [-0.2, 0) is 0 Å². The topological polar surface area (TPSA) is 68.8 Å². The van der Waals surface area contributed by atoms with Crippen molar-refractivity contribution in [2.24, 2.45) is 11.8 Å². The van der Waals surface area contributed by atoms with Crippen LogP contribution in [0, 0.1) is 25.7 Å². The van der Waals surface area contributed by atoms with Crippen LogP contribution in [0.15, 0.2) is 170 Å². The van der Waals surface area contributed by atoms with Crippen molar-refractivity contribution >= 4 is 43.6 Å². The molecule has 0 unspecified atom stereocenters. The van der Waals surface area contributed by atoms with Crippen LogP contribution in [0.1, 0.15) is 81.8 Å². The molecule has 2 aliphatic rings. The number of phenols is 2. The molecule has 2 fully saturated rings. The van der Waals surface area contributed by atoms with Crippen molar-refractivity contribution in [3.05, 3.63) is 181 Å². The maximum Gasteiger partial charge on any atom is 0.147 e. The summed E-state index contributed by atoms with van der Waals surface area (Å²) in [5.74, 6) is 2.73. The molecule has 10 aromatic rings. The zero-order valence-corrected chi connectivity index (χ0v) is 40.9. The Bertz CT molecular complexity index is 3230. The molecule has 6 heteroatoms. The Balaban J connectivity index is 0.923. The second-order valence-electron chi connectivity index (χ2n) is 20.4. The lowest BCUT2D eigenvalue weighted by Crippen LogP contribution is -2.38. The molecule has 0 saturated heterocycles. The highest BCUT2D eigenvalue weighted by Gasteiger charge is 2.35. The minimum Gasteiger partial charge on any atom is -0.505 e. The number of phenolic OH excluding ortho intramolecular Hbond substituents is 2. The number of hydrogen-bond acceptors (Lipinski definition) is 4. The summed E-state index contributed by atoms with van der Waals surface area (Å²) in [7, 11) is 0. The number of fused-ring (bicyclic) bond motifs is 6. The van der Waals surface area contributed by atoms with E-state index in [0.29, 0.717) is 11.8 Å². The molecule has 2 aliphatic carbocycles. The molecular weight excluding hydrogens is 873 g/mol. The van der Waals surface area contributed by atoms with Gasteiger partial charge in [0.15, 0.2) is 0 Å². The van der Waals surface area contributed by atoms with Gasteiger partial charge in [0.2, 0.25) is 0 Å². The normalized spacial score (nSPS) is 15.7. The zero-order chi connectivity index (χ0) is 48.0. The number of aryl methyl sites for hydroxylation is 2. The fraction of sp³-hybridized carbons (Fsp3) is 0.262. The molecule has 356 valence electrons. The average molecular weight is 935 g/mol. The maximum absolute atomic E-state index is 12.5. The maximum atomic E-state index is 12.5. The van der Waals surface area contributed by atoms with Crippen molar-refractivity contribution in [2.45, 2.75) is 96.7 Å². The zero-order valence-electron chi connectivity index (χ0n) is 40.9. The van der Waals surface area contributed by atoms with Crippen LogP contribution in [0.4, 0.5) is 0 Å². The lowest BCUT2D eigenvalue weighted by atomic mass is 9.78. The number of rotatable bonds is 12. The summed E-state index contributed by atoms with van der Waals surface area (Å²) in [6.45, 7) is 4.22. The van der Waals surface area contributed by atoms with Crippen LogP contribution in [0.5, 0.6) is 23.0 Å². The highest BCUT2D eigenvalue weighted by molar-refractivity contribution is 6.10. The Kier molecular flexibility index (Phi) is 12.0. The van der Waals surface area contributed by atoms with Crippen LogP contribution >= 0.6 is 0 Å². The summed E-state index contributed by atoms with van der Waals surface area (Å²) < 4.78 is 19.4. The molecule has 2 aromatic heterocycles. The van der Waals surface area contributed by atoms with Gasteiger partial charge in [0.05, 0.1) is 33.4 Å². The second kappa shape index (κ2) is 19.0. The van der Waals surface area contributed by atoms with Gasteiger partial charge in [-0.1, -0.05) is 148 Å². The van der Waals surface area contributed by atoms with Gasteiger partial charge in [0, 0.05) is 50.2 Å². The predicted octanol–water partition coefficient (Wildman–Crippen LogP) is 17.0. The van der Waals surface area contributed by atoms with E-state index in [-0.39, 0.29) is 23.7 Å². The van der Waals surface area contributed by atoms with E-state index in [0.717, 1.165) is 132 Å². The summed E-state index contributed by atoms with van der Waals surface area (Å²) in [6.07, 6.45) is 12.2. The highest BCUT2D eigenvalue weighted by atomic mass is 16.5. The predicted molar refractivity (Wildman–Crippen MR) is 292 cm³/mol. The summed E-state index contributed by atoms with van der Waals surface area (Å²) >= 11 is 0. The van der Waals surface area contributed by atoms with Gasteiger partial charge in [-0.2, -0.15) is 0 Å². The molecule has 8 aromatic carbocycles. The molecule has 6 nitrogen and oxygen atoms in total. The Morgan fingerprint density at radius 2 is 0.732 bits per heavy atom. The lowest BCUT2D eigenvalue weighted by molar-refractivity contribution is 0.0256. The molecule has 2 atom stereocenters. The number of para-hydroxylation sites is 6. The molecule has 2 saturated carbocycles. The van der Waals surface area contributed by atoms with Crippen molar-refractivity contribution in [3.8, 4) is 56.6 Å². The Morgan fingerprint density at radius 3 is 1.10 bits per heavy atom. The van der Waals surface area contributed by atoms with E-state index >= 15 is 0 Å². The third-order valence-electron chi connectivity index (χ3n) is 15.8. The Hall–Kier alpha value is -7.44. The van der Waals surface area contributed by atoms with Crippen LogP contribution in [0.3, 0.4) is 0 Å². The number of benzene rings is 8. The van der Waals surface area contributed by atoms with E-state index in [9.17, 15) is 10.2 Å². The van der Waals surface area contributed by atoms with Crippen molar-refractivity contribution in [1.82, 2.24) is 9.13 Å². The molecule has 0 bridgehead atoms. The van der Waals surface area contributed by atoms with Gasteiger partial charge in [0.1, 0.15) is 35.2 Å². The lowest BCUT2D eigenvalue weighted by Gasteiger charge is -2.37. The smallest absolute Gasteiger partial charge is 0.147 e. The number of aromatic hydroxyl groups is 2. The van der Waals surface area contributed by atoms with Crippen LogP contribution in [0.2, 0.25) is 0 Å². The van der Waals surface area contributed by atoms with Crippen LogP contribution in [0.25, 0.3) is 77.2 Å². The third-order valence-corrected chi connectivity index (χ3v) is 15.8. The molecule has 0 amide bonds. The van der Waals surface area contributed by atoms with Crippen LogP contribution < -0.4 is 9.47 Å². The van der Waals surface area contributed by atoms with Crippen molar-refractivity contribution in [1.29, 1.82) is 0 Å². The van der Waals surface area contributed by atoms with Gasteiger partial charge in [-0.3, -0.25) is 0 Å². The van der Waals surface area contributed by atoms with E-state index in [2.05, 4.69) is 193 Å². The third kappa shape index (κ3) is 8.27. The molecule has 0 aliphatic heterocycles. The van der Waals surface area contributed by atoms with Gasteiger partial charge in [-0.25, -0.2) is 0 Å². The van der Waals surface area contributed by atoms with Crippen molar-refractivity contribution in [3.63, 3.8) is 0 Å². The van der Waals surface area contributed by atoms with Gasteiger partial charge >= 0.3 is 0 Å². The van der Waals surface area contributed by atoms with Gasteiger partial charge in [0.25, 0.3) is 0 Å². The van der Waals surface area contributed by atoms with E-state index in [1.165, 1.54) is 38.5 Å². The minimum absolute atomic E-state index is 0.117. The molecule has 71 heavy (non-hydrogen) atoms. The standard InChI is InChI=1S/C65H62N2O4/c1-42-37-52(64(68)58(39-42)66-54-31-15-9-25-46(54)47-26-10-16-32-55(47)66)50-29-13-19-35-60(50)70-62(44-21-5-3-6-22-44)41-63(45-23-7-4-8-24-45)71-61-36-20-14-30-51(61)53-38-43(2)40-59(65(53)69)67-56-33-17-11-27-48(56)49-28-12-18-34-57(49)67/h9-20,25-40,44-45,62-63,68-69H,3-8,21-24,41H2,1-2H3/t62-,63-/m1/s1. The first kappa shape index (κ1) is 44.7. The second-order valence-corrected chi connectivity index (χ2v) is 20.4. The molecular formula is C65H62N2O4. The average Bonchev–Trinajstić information content (AvgIpc) is 3.93. The summed E-state index contributed by atoms with van der Waals surface area (Å²) in [6, 6.07) is 58.8. The first-order valence-corrected chi connectivity index (χ1v) is 26.1. The van der Waals surface area contributed by atoms with E-state index in [1.54, 1.807) is 0 Å². The molecule has 0 radical (unpaired) electrons. The van der Waals surface area contributed by atoms with Gasteiger partial charge in [-0.05, 0) is 123 Å². The molecule has 12 rings (SSSR count). The SMILES string of the molecule is Cc1cc(-c2ccccc2O[C@H](C[C@@H](Oc2ccccc2-c2cc(C)cc(-n3c4ccccc4c4ccccc43)c2O)C2CCCCC2)C2CCCCC2)c(O)c(-n2c3ccccc3c3ccccc32)c1. The fourth-order valence-electron chi connectivity index (χ4n) is 12.5. The first-order valence-electron chi connectivity index (χ1n) is 26.1. The molecule has 0 spiro atoms.